The van der Waals surface area contributed by atoms with Crippen molar-refractivity contribution in [3.8, 4) is 0 Å². The molecule has 15 heavy (non-hydrogen) atoms. The molecule has 0 amide bonds. The average Bonchev–Trinajstić information content (AvgIpc) is 2.62. The molecule has 0 saturated carbocycles. The molecule has 4 heteroatoms. The van der Waals surface area contributed by atoms with E-state index in [-0.39, 0.29) is 6.42 Å². The van der Waals surface area contributed by atoms with E-state index in [1.54, 1.807) is 11.3 Å². The summed E-state index contributed by atoms with van der Waals surface area (Å²) in [6, 6.07) is 0. The average molecular weight is 224 g/mol. The molecule has 0 aromatic carbocycles. The molecule has 0 atom stereocenters. The summed E-state index contributed by atoms with van der Waals surface area (Å²) in [6.07, 6.45) is 4.50. The van der Waals surface area contributed by atoms with Crippen LogP contribution in [-0.4, -0.2) is 16.9 Å². The first kappa shape index (κ1) is 10.4. The number of aliphatic carboxylic acids is 1. The summed E-state index contributed by atoms with van der Waals surface area (Å²) in [6.45, 7) is 0. The lowest BCUT2D eigenvalue weighted by atomic mass is 9.94. The van der Waals surface area contributed by atoms with Crippen LogP contribution in [0.25, 0.3) is 0 Å². The third-order valence-corrected chi connectivity index (χ3v) is 3.88. The number of carboxylic acid groups (broad SMARTS) is 1. The smallest absolute Gasteiger partial charge is 0.372 e. The molecule has 1 heterocycles. The van der Waals surface area contributed by atoms with Crippen molar-refractivity contribution in [2.45, 2.75) is 32.1 Å². The van der Waals surface area contributed by atoms with E-state index < -0.39 is 11.8 Å². The standard InChI is InChI=1S/C11H12O3S/c12-9(11(13)14)5-7-6-15-10-4-2-1-3-8(7)10/h6H,1-5H2,(H,13,14). The van der Waals surface area contributed by atoms with Crippen molar-refractivity contribution in [1.29, 1.82) is 0 Å². The molecule has 1 aliphatic carbocycles. The van der Waals surface area contributed by atoms with Gasteiger partial charge in [0, 0.05) is 11.3 Å². The van der Waals surface area contributed by atoms with E-state index >= 15 is 0 Å². The molecular weight excluding hydrogens is 212 g/mol. The third kappa shape index (κ3) is 2.09. The van der Waals surface area contributed by atoms with Crippen molar-refractivity contribution in [3.05, 3.63) is 21.4 Å². The van der Waals surface area contributed by atoms with Crippen molar-refractivity contribution < 1.29 is 14.7 Å². The number of hydrogen-bond donors (Lipinski definition) is 1. The number of carbonyl (C=O) groups is 2. The fourth-order valence-electron chi connectivity index (χ4n) is 1.96. The van der Waals surface area contributed by atoms with Crippen molar-refractivity contribution in [3.63, 3.8) is 0 Å². The Balaban J connectivity index is 2.19. The lowest BCUT2D eigenvalue weighted by molar-refractivity contribution is -0.148. The van der Waals surface area contributed by atoms with Crippen molar-refractivity contribution in [2.75, 3.05) is 0 Å². The second-order valence-electron chi connectivity index (χ2n) is 3.77. The first-order chi connectivity index (χ1) is 7.18. The van der Waals surface area contributed by atoms with Gasteiger partial charge < -0.3 is 5.11 Å². The van der Waals surface area contributed by atoms with Gasteiger partial charge in [0.1, 0.15) is 0 Å². The van der Waals surface area contributed by atoms with Crippen LogP contribution in [0.3, 0.4) is 0 Å². The van der Waals surface area contributed by atoms with E-state index in [9.17, 15) is 9.59 Å². The molecule has 1 N–H and O–H groups in total. The molecule has 0 saturated heterocycles. The maximum atomic E-state index is 11.1. The zero-order valence-electron chi connectivity index (χ0n) is 8.28. The Morgan fingerprint density at radius 3 is 2.80 bits per heavy atom. The van der Waals surface area contributed by atoms with Crippen LogP contribution in [0.5, 0.6) is 0 Å². The van der Waals surface area contributed by atoms with E-state index in [2.05, 4.69) is 0 Å². The first-order valence-corrected chi connectivity index (χ1v) is 5.90. The zero-order valence-corrected chi connectivity index (χ0v) is 9.10. The predicted octanol–water partition coefficient (Wildman–Crippen LogP) is 1.82. The number of rotatable bonds is 3. The first-order valence-electron chi connectivity index (χ1n) is 5.02. The Morgan fingerprint density at radius 1 is 1.33 bits per heavy atom. The van der Waals surface area contributed by atoms with Gasteiger partial charge in [-0.15, -0.1) is 11.3 Å². The topological polar surface area (TPSA) is 54.4 Å². The fourth-order valence-corrected chi connectivity index (χ4v) is 3.11. The van der Waals surface area contributed by atoms with Gasteiger partial charge in [-0.1, -0.05) is 0 Å². The van der Waals surface area contributed by atoms with Gasteiger partial charge in [-0.25, -0.2) is 4.79 Å². The maximum Gasteiger partial charge on any atom is 0.372 e. The van der Waals surface area contributed by atoms with Crippen LogP contribution in [0, 0.1) is 0 Å². The molecule has 1 aliphatic rings. The van der Waals surface area contributed by atoms with Gasteiger partial charge in [0.05, 0.1) is 0 Å². The van der Waals surface area contributed by atoms with E-state index in [0.717, 1.165) is 24.8 Å². The monoisotopic (exact) mass is 224 g/mol. The molecular formula is C11H12O3S. The number of hydrogen-bond acceptors (Lipinski definition) is 3. The van der Waals surface area contributed by atoms with Crippen LogP contribution in [0.1, 0.15) is 28.8 Å². The normalized spacial score (nSPS) is 14.7. The minimum Gasteiger partial charge on any atom is -0.475 e. The van der Waals surface area contributed by atoms with Gasteiger partial charge in [0.2, 0.25) is 5.78 Å². The molecule has 0 unspecified atom stereocenters. The van der Waals surface area contributed by atoms with Crippen molar-refractivity contribution in [1.82, 2.24) is 0 Å². The van der Waals surface area contributed by atoms with Crippen LogP contribution >= 0.6 is 11.3 Å². The molecule has 0 fully saturated rings. The van der Waals surface area contributed by atoms with Gasteiger partial charge in [-0.2, -0.15) is 0 Å². The Morgan fingerprint density at radius 2 is 2.07 bits per heavy atom. The van der Waals surface area contributed by atoms with Crippen LogP contribution in [0.15, 0.2) is 5.38 Å². The zero-order chi connectivity index (χ0) is 10.8. The minimum atomic E-state index is -1.33. The van der Waals surface area contributed by atoms with Gasteiger partial charge in [0.15, 0.2) is 0 Å². The summed E-state index contributed by atoms with van der Waals surface area (Å²) < 4.78 is 0. The number of thiophene rings is 1. The lowest BCUT2D eigenvalue weighted by Crippen LogP contribution is -2.16. The van der Waals surface area contributed by atoms with Crippen LogP contribution in [-0.2, 0) is 28.9 Å². The molecule has 1 aromatic rings. The molecule has 1 aromatic heterocycles. The fraction of sp³-hybridized carbons (Fsp3) is 0.455. The Labute approximate surface area is 91.7 Å². The number of aryl methyl sites for hydroxylation is 1. The highest BCUT2D eigenvalue weighted by Crippen LogP contribution is 2.30. The number of Topliss-reactive ketones (excluding diaryl/α,β-unsaturated/α-hetero) is 1. The highest BCUT2D eigenvalue weighted by atomic mass is 32.1. The number of carboxylic acids is 1. The Bertz CT molecular complexity index is 406. The largest absolute Gasteiger partial charge is 0.475 e. The van der Waals surface area contributed by atoms with E-state index in [1.807, 2.05) is 5.38 Å². The lowest BCUT2D eigenvalue weighted by Gasteiger charge is -2.11. The minimum absolute atomic E-state index is 0.0567. The number of carbonyl (C=O) groups excluding carboxylic acids is 1. The summed E-state index contributed by atoms with van der Waals surface area (Å²) >= 11 is 1.66. The summed E-state index contributed by atoms with van der Waals surface area (Å²) in [5.74, 6) is -2.04. The summed E-state index contributed by atoms with van der Waals surface area (Å²) in [5.41, 5.74) is 2.17. The Hall–Kier alpha value is -1.16. The summed E-state index contributed by atoms with van der Waals surface area (Å²) in [4.78, 5) is 22.9. The number of ketones is 1. The number of fused-ring (bicyclic) bond motifs is 1. The van der Waals surface area contributed by atoms with Crippen LogP contribution in [0.2, 0.25) is 0 Å². The van der Waals surface area contributed by atoms with E-state index in [0.29, 0.717) is 0 Å². The second kappa shape index (κ2) is 4.14. The highest BCUT2D eigenvalue weighted by Gasteiger charge is 2.19. The van der Waals surface area contributed by atoms with Gasteiger partial charge >= 0.3 is 5.97 Å². The molecule has 3 nitrogen and oxygen atoms in total. The molecule has 0 bridgehead atoms. The second-order valence-corrected chi connectivity index (χ2v) is 4.74. The van der Waals surface area contributed by atoms with Crippen molar-refractivity contribution in [2.24, 2.45) is 0 Å². The predicted molar refractivity (Wildman–Crippen MR) is 57.3 cm³/mol. The summed E-state index contributed by atoms with van der Waals surface area (Å²) in [5, 5.41) is 10.5. The van der Waals surface area contributed by atoms with Gasteiger partial charge in [0.25, 0.3) is 0 Å². The van der Waals surface area contributed by atoms with Crippen LogP contribution < -0.4 is 0 Å². The van der Waals surface area contributed by atoms with Crippen molar-refractivity contribution >= 4 is 23.1 Å². The molecule has 80 valence electrons. The van der Waals surface area contributed by atoms with Crippen LogP contribution in [0.4, 0.5) is 0 Å². The third-order valence-electron chi connectivity index (χ3n) is 2.74. The maximum absolute atomic E-state index is 11.1. The SMILES string of the molecule is O=C(O)C(=O)Cc1csc2c1CCCC2. The molecule has 0 radical (unpaired) electrons. The molecule has 0 aliphatic heterocycles. The van der Waals surface area contributed by atoms with Gasteiger partial charge in [-0.3, -0.25) is 4.79 Å². The summed E-state index contributed by atoms with van der Waals surface area (Å²) in [7, 11) is 0. The Kier molecular flexibility index (Phi) is 2.86. The van der Waals surface area contributed by atoms with E-state index in [4.69, 9.17) is 5.11 Å². The quantitative estimate of drug-likeness (QED) is 0.797. The molecule has 2 rings (SSSR count). The highest BCUT2D eigenvalue weighted by molar-refractivity contribution is 7.10. The van der Waals surface area contributed by atoms with E-state index in [1.165, 1.54) is 16.9 Å². The van der Waals surface area contributed by atoms with Gasteiger partial charge in [-0.05, 0) is 42.2 Å². The molecule has 0 spiro atoms.